The molecule has 3 N–H and O–H groups in total. The van der Waals surface area contributed by atoms with Crippen molar-refractivity contribution in [1.29, 1.82) is 0 Å². The number of allylic oxidation sites excluding steroid dienone is 1. The van der Waals surface area contributed by atoms with Crippen molar-refractivity contribution >= 4 is 78.2 Å². The SMILES string of the molecule is CC(=C(CCO)S(S)(S)Cc1nnc2n1-c1ccc(Cl)cc1C(c1ccccc1Cl)=NC2)N(C=O)c1cnc(C)nc1N. The number of halogens is 2. The number of aromatic nitrogens is 5. The highest BCUT2D eigenvalue weighted by atomic mass is 35.5. The van der Waals surface area contributed by atoms with Crippen LogP contribution in [0.25, 0.3) is 5.69 Å². The van der Waals surface area contributed by atoms with E-state index in [1.807, 2.05) is 41.0 Å². The summed E-state index contributed by atoms with van der Waals surface area (Å²) >= 11 is 23.1. The summed E-state index contributed by atoms with van der Waals surface area (Å²) < 4.78 is 1.93. The molecule has 3 heterocycles. The first kappa shape index (κ1) is 31.4. The lowest BCUT2D eigenvalue weighted by atomic mass is 10.0. The van der Waals surface area contributed by atoms with Gasteiger partial charge in [-0.05, 0) is 38.1 Å². The Bertz CT molecular complexity index is 1780. The van der Waals surface area contributed by atoms with Crippen LogP contribution in [0.5, 0.6) is 0 Å². The smallest absolute Gasteiger partial charge is 0.218 e. The van der Waals surface area contributed by atoms with Crippen molar-refractivity contribution in [3.05, 3.63) is 97.9 Å². The Kier molecular flexibility index (Phi) is 9.40. The number of thiol groups is 2. The Hall–Kier alpha value is -3.07. The molecule has 1 aliphatic heterocycles. The highest BCUT2D eigenvalue weighted by molar-refractivity contribution is 9.19. The number of amides is 1. The number of aryl methyl sites for hydroxylation is 1. The zero-order chi connectivity index (χ0) is 30.9. The van der Waals surface area contributed by atoms with Crippen molar-refractivity contribution in [3.63, 3.8) is 0 Å². The van der Waals surface area contributed by atoms with Crippen LogP contribution >= 0.6 is 54.6 Å². The minimum Gasteiger partial charge on any atom is -0.396 e. The van der Waals surface area contributed by atoms with Gasteiger partial charge in [-0.2, -0.15) is 0 Å². The number of aliphatic imine (C=N–C) groups is 1. The van der Waals surface area contributed by atoms with Crippen LogP contribution in [0.1, 0.15) is 41.9 Å². The Morgan fingerprint density at radius 3 is 2.65 bits per heavy atom. The maximum Gasteiger partial charge on any atom is 0.218 e. The Morgan fingerprint density at radius 1 is 1.19 bits per heavy atom. The first-order valence-electron chi connectivity index (χ1n) is 13.0. The molecule has 0 bridgehead atoms. The van der Waals surface area contributed by atoms with E-state index in [0.29, 0.717) is 55.9 Å². The van der Waals surface area contributed by atoms with E-state index in [0.717, 1.165) is 16.8 Å². The van der Waals surface area contributed by atoms with Crippen LogP contribution in [-0.4, -0.2) is 48.6 Å². The molecule has 43 heavy (non-hydrogen) atoms. The standard InChI is InChI=1S/C28H28Cl2N8O2S3/c1-16(37(15-40)23-12-32-17(2)34-28(23)31)24(9-10-39)43(41,42)14-26-36-35-25-13-33-27(19-5-3-4-6-21(19)30)20-11-18(29)7-8-22(20)38(25)26/h3-8,11-12,15,39,41-42H,9-10,13-14H2,1-2H3,(H2,31,32,34). The maximum absolute atomic E-state index is 12.3. The summed E-state index contributed by atoms with van der Waals surface area (Å²) in [7, 11) is -2.30. The van der Waals surface area contributed by atoms with Gasteiger partial charge in [-0.3, -0.25) is 19.3 Å². The van der Waals surface area contributed by atoms with Gasteiger partial charge in [-0.15, -0.1) is 41.6 Å². The van der Waals surface area contributed by atoms with Crippen molar-refractivity contribution in [2.45, 2.75) is 32.6 Å². The van der Waals surface area contributed by atoms with E-state index in [4.69, 9.17) is 57.2 Å². The molecule has 0 unspecified atom stereocenters. The third-order valence-electron chi connectivity index (χ3n) is 6.87. The van der Waals surface area contributed by atoms with Crippen LogP contribution in [0.4, 0.5) is 11.5 Å². The van der Waals surface area contributed by atoms with Gasteiger partial charge in [-0.25, -0.2) is 9.97 Å². The highest BCUT2D eigenvalue weighted by Gasteiger charge is 2.31. The Balaban J connectivity index is 1.59. The number of carbonyl (C=O) groups is 1. The normalized spacial score (nSPS) is 13.8. The monoisotopic (exact) mass is 674 g/mol. The van der Waals surface area contributed by atoms with E-state index in [2.05, 4.69) is 20.2 Å². The lowest BCUT2D eigenvalue weighted by Gasteiger charge is -2.35. The molecule has 0 radical (unpaired) electrons. The molecule has 0 aliphatic carbocycles. The Morgan fingerprint density at radius 2 is 1.95 bits per heavy atom. The van der Waals surface area contributed by atoms with Gasteiger partial charge in [0.2, 0.25) is 6.41 Å². The second-order valence-electron chi connectivity index (χ2n) is 9.63. The minimum atomic E-state index is -2.30. The molecular weight excluding hydrogens is 647 g/mol. The number of benzene rings is 2. The fourth-order valence-corrected chi connectivity index (χ4v) is 9.05. The summed E-state index contributed by atoms with van der Waals surface area (Å²) in [6, 6.07) is 13.0. The molecule has 0 atom stereocenters. The van der Waals surface area contributed by atoms with Gasteiger partial charge < -0.3 is 10.8 Å². The molecule has 4 aromatic rings. The average Bonchev–Trinajstić information content (AvgIpc) is 3.27. The number of hydrogen-bond donors (Lipinski definition) is 4. The quantitative estimate of drug-likeness (QED) is 0.0990. The number of rotatable bonds is 9. The third kappa shape index (κ3) is 6.28. The molecule has 2 aromatic heterocycles. The molecule has 0 saturated heterocycles. The molecule has 5 rings (SSSR count). The number of hydrogen-bond acceptors (Lipinski definition) is 10. The number of aliphatic hydroxyl groups excluding tert-OH is 1. The first-order valence-corrected chi connectivity index (χ1v) is 17.6. The predicted molar refractivity (Wildman–Crippen MR) is 181 cm³/mol. The summed E-state index contributed by atoms with van der Waals surface area (Å²) in [5.74, 6) is 2.06. The molecular formula is C28H28Cl2N8O2S3. The first-order chi connectivity index (χ1) is 20.6. The van der Waals surface area contributed by atoms with Crippen molar-refractivity contribution < 1.29 is 9.90 Å². The van der Waals surface area contributed by atoms with Crippen molar-refractivity contribution in [3.8, 4) is 5.69 Å². The summed E-state index contributed by atoms with van der Waals surface area (Å²) in [6.07, 6.45) is 2.32. The van der Waals surface area contributed by atoms with E-state index < -0.39 is 8.09 Å². The lowest BCUT2D eigenvalue weighted by Crippen LogP contribution is -2.23. The number of nitrogens with two attached hydrogens (primary N) is 1. The molecule has 0 fully saturated rings. The highest BCUT2D eigenvalue weighted by Crippen LogP contribution is 2.68. The zero-order valence-corrected chi connectivity index (χ0v) is 27.3. The van der Waals surface area contributed by atoms with E-state index >= 15 is 0 Å². The van der Waals surface area contributed by atoms with E-state index in [-0.39, 0.29) is 31.1 Å². The molecule has 0 spiro atoms. The van der Waals surface area contributed by atoms with Crippen molar-refractivity contribution in [2.75, 3.05) is 17.2 Å². The van der Waals surface area contributed by atoms with Gasteiger partial charge in [0.05, 0.1) is 23.3 Å². The third-order valence-corrected chi connectivity index (χ3v) is 11.5. The number of aliphatic hydroxyl groups is 1. The van der Waals surface area contributed by atoms with Gasteiger partial charge in [0.25, 0.3) is 0 Å². The number of anilines is 2. The summed E-state index contributed by atoms with van der Waals surface area (Å²) in [6.45, 7) is 3.50. The topological polar surface area (TPSA) is 135 Å². The van der Waals surface area contributed by atoms with Crippen molar-refractivity contribution in [1.82, 2.24) is 24.7 Å². The fourth-order valence-electron chi connectivity index (χ4n) is 4.91. The van der Waals surface area contributed by atoms with E-state index in [1.165, 1.54) is 11.1 Å². The number of nitrogens with zero attached hydrogens (tertiary/aromatic N) is 7. The van der Waals surface area contributed by atoms with E-state index in [9.17, 15) is 9.90 Å². The number of nitrogen functional groups attached to an aromatic ring is 1. The molecule has 0 saturated carbocycles. The van der Waals surface area contributed by atoms with Gasteiger partial charge in [0.1, 0.15) is 23.9 Å². The second kappa shape index (κ2) is 12.9. The maximum atomic E-state index is 12.3. The molecule has 224 valence electrons. The largest absolute Gasteiger partial charge is 0.396 e. The summed E-state index contributed by atoms with van der Waals surface area (Å²) in [5.41, 5.74) is 9.96. The van der Waals surface area contributed by atoms with Crippen LogP contribution in [0, 0.1) is 6.92 Å². The average molecular weight is 676 g/mol. The van der Waals surface area contributed by atoms with Gasteiger partial charge in [0.15, 0.2) is 11.6 Å². The zero-order valence-electron chi connectivity index (χ0n) is 23.1. The lowest BCUT2D eigenvalue weighted by molar-refractivity contribution is -0.107. The van der Waals surface area contributed by atoms with Crippen LogP contribution in [0.2, 0.25) is 10.0 Å². The molecule has 15 heteroatoms. The van der Waals surface area contributed by atoms with Gasteiger partial charge >= 0.3 is 0 Å². The van der Waals surface area contributed by atoms with Crippen LogP contribution in [0.3, 0.4) is 0 Å². The molecule has 2 aromatic carbocycles. The predicted octanol–water partition coefficient (Wildman–Crippen LogP) is 5.88. The fraction of sp³-hybridized carbons (Fsp3) is 0.214. The summed E-state index contributed by atoms with van der Waals surface area (Å²) in [4.78, 5) is 27.6. The summed E-state index contributed by atoms with van der Waals surface area (Å²) in [5, 5.41) is 20.1. The molecule has 1 aliphatic rings. The number of carbonyl (C=O) groups excluding carboxylic acids is 1. The van der Waals surface area contributed by atoms with Gasteiger partial charge in [-0.1, -0.05) is 41.4 Å². The van der Waals surface area contributed by atoms with Crippen molar-refractivity contribution in [2.24, 2.45) is 4.99 Å². The van der Waals surface area contributed by atoms with Crippen LogP contribution < -0.4 is 10.6 Å². The molecule has 10 nitrogen and oxygen atoms in total. The molecule has 1 amide bonds. The van der Waals surface area contributed by atoms with Crippen LogP contribution in [-0.2, 0) is 17.1 Å². The van der Waals surface area contributed by atoms with Gasteiger partial charge in [0, 0.05) is 44.8 Å². The minimum absolute atomic E-state index is 0.147. The Labute approximate surface area is 270 Å². The van der Waals surface area contributed by atoms with E-state index in [1.54, 1.807) is 19.9 Å². The second-order valence-corrected chi connectivity index (χ2v) is 17.2. The van der Waals surface area contributed by atoms with Crippen LogP contribution in [0.15, 0.2) is 64.3 Å². The number of fused-ring (bicyclic) bond motifs is 3.